The highest BCUT2D eigenvalue weighted by molar-refractivity contribution is 7.10. The van der Waals surface area contributed by atoms with Crippen molar-refractivity contribution in [1.29, 1.82) is 0 Å². The number of thiazole rings is 1. The van der Waals surface area contributed by atoms with E-state index in [1.807, 2.05) is 35.7 Å². The molecule has 162 valence electrons. The Morgan fingerprint density at radius 1 is 1.06 bits per heavy atom. The molecular weight excluding hydrogens is 427 g/mol. The molecule has 0 spiro atoms. The third-order valence-corrected chi connectivity index (χ3v) is 6.35. The number of rotatable bonds is 3. The average molecular weight is 447 g/mol. The van der Waals surface area contributed by atoms with Crippen LogP contribution in [0.4, 0.5) is 23.7 Å². The van der Waals surface area contributed by atoms with Gasteiger partial charge in [0.25, 0.3) is 0 Å². The highest BCUT2D eigenvalue weighted by Crippen LogP contribution is 2.36. The van der Waals surface area contributed by atoms with Gasteiger partial charge in [0.1, 0.15) is 10.6 Å². The third kappa shape index (κ3) is 4.72. The summed E-state index contributed by atoms with van der Waals surface area (Å²) in [4.78, 5) is 18.6. The van der Waals surface area contributed by atoms with E-state index in [1.165, 1.54) is 28.4 Å². The Hall–Kier alpha value is -2.91. The number of hydrogen-bond donors (Lipinski definition) is 2. The summed E-state index contributed by atoms with van der Waals surface area (Å²) < 4.78 is 38.0. The first kappa shape index (κ1) is 21.3. The quantitative estimate of drug-likeness (QED) is 0.569. The third-order valence-electron chi connectivity index (χ3n) is 5.31. The van der Waals surface area contributed by atoms with Crippen LogP contribution in [0.5, 0.6) is 0 Å². The van der Waals surface area contributed by atoms with Crippen LogP contribution < -0.4 is 5.32 Å². The van der Waals surface area contributed by atoms with E-state index in [9.17, 15) is 23.1 Å². The highest BCUT2D eigenvalue weighted by Gasteiger charge is 2.38. The van der Waals surface area contributed by atoms with Crippen LogP contribution in [0.15, 0.2) is 60.0 Å². The fourth-order valence-electron chi connectivity index (χ4n) is 3.47. The van der Waals surface area contributed by atoms with Gasteiger partial charge in [0.2, 0.25) is 0 Å². The molecule has 0 radical (unpaired) electrons. The van der Waals surface area contributed by atoms with Crippen LogP contribution in [-0.2, 0) is 11.8 Å². The van der Waals surface area contributed by atoms with Crippen LogP contribution in [0.25, 0.3) is 11.3 Å². The molecule has 0 aliphatic carbocycles. The summed E-state index contributed by atoms with van der Waals surface area (Å²) in [5, 5.41) is 16.2. The summed E-state index contributed by atoms with van der Waals surface area (Å²) in [7, 11) is 0. The number of nitrogens with zero attached hydrogens (tertiary/aromatic N) is 2. The predicted octanol–water partition coefficient (Wildman–Crippen LogP) is 5.34. The van der Waals surface area contributed by atoms with Crippen molar-refractivity contribution < 1.29 is 23.1 Å². The van der Waals surface area contributed by atoms with Crippen molar-refractivity contribution in [3.63, 3.8) is 0 Å². The monoisotopic (exact) mass is 447 g/mol. The molecule has 5 nitrogen and oxygen atoms in total. The van der Waals surface area contributed by atoms with Crippen LogP contribution in [0.2, 0.25) is 0 Å². The van der Waals surface area contributed by atoms with Gasteiger partial charge in [-0.05, 0) is 24.3 Å². The number of benzene rings is 2. The molecule has 2 heterocycles. The Labute approximate surface area is 181 Å². The molecule has 1 saturated heterocycles. The smallest absolute Gasteiger partial charge is 0.383 e. The maximum Gasteiger partial charge on any atom is 0.416 e. The zero-order chi connectivity index (χ0) is 22.1. The molecule has 0 saturated carbocycles. The minimum atomic E-state index is -4.42. The number of aromatic nitrogens is 1. The van der Waals surface area contributed by atoms with Gasteiger partial charge in [0, 0.05) is 42.6 Å². The number of carbonyl (C=O) groups excluding carboxylic acids is 1. The van der Waals surface area contributed by atoms with Crippen LogP contribution in [0, 0.1) is 0 Å². The number of nitrogens with one attached hydrogen (secondary N) is 1. The molecule has 3 aromatic rings. The molecule has 2 aromatic carbocycles. The van der Waals surface area contributed by atoms with Crippen molar-refractivity contribution in [2.45, 2.75) is 24.6 Å². The molecular formula is C22H20F3N3O2S. The van der Waals surface area contributed by atoms with E-state index in [2.05, 4.69) is 10.3 Å². The Bertz CT molecular complexity index is 1040. The van der Waals surface area contributed by atoms with E-state index in [0.717, 1.165) is 23.4 Å². The SMILES string of the molecule is O=C(Nc1ccc(C(F)(F)F)cc1)N1CCC(O)(c2nc(-c3ccccc3)cs2)CC1. The molecule has 2 amide bonds. The van der Waals surface area contributed by atoms with E-state index in [4.69, 9.17) is 0 Å². The van der Waals surface area contributed by atoms with Gasteiger partial charge in [-0.2, -0.15) is 13.2 Å². The van der Waals surface area contributed by atoms with E-state index in [0.29, 0.717) is 30.9 Å². The summed E-state index contributed by atoms with van der Waals surface area (Å²) >= 11 is 1.39. The van der Waals surface area contributed by atoms with Gasteiger partial charge in [-0.25, -0.2) is 9.78 Å². The topological polar surface area (TPSA) is 65.5 Å². The van der Waals surface area contributed by atoms with Gasteiger partial charge in [-0.3, -0.25) is 0 Å². The summed E-state index contributed by atoms with van der Waals surface area (Å²) in [6.45, 7) is 0.617. The molecule has 4 rings (SSSR count). The second-order valence-corrected chi connectivity index (χ2v) is 8.29. The number of likely N-dealkylation sites (tertiary alicyclic amines) is 1. The van der Waals surface area contributed by atoms with E-state index in [1.54, 1.807) is 0 Å². The first-order chi connectivity index (χ1) is 14.7. The molecule has 9 heteroatoms. The van der Waals surface area contributed by atoms with E-state index >= 15 is 0 Å². The zero-order valence-corrected chi connectivity index (χ0v) is 17.2. The number of halogens is 3. The molecule has 1 fully saturated rings. The number of aliphatic hydroxyl groups is 1. The highest BCUT2D eigenvalue weighted by atomic mass is 32.1. The Kier molecular flexibility index (Phi) is 5.72. The van der Waals surface area contributed by atoms with Gasteiger partial charge >= 0.3 is 12.2 Å². The molecule has 0 unspecified atom stereocenters. The van der Waals surface area contributed by atoms with Crippen LogP contribution in [0.3, 0.4) is 0 Å². The fraction of sp³-hybridized carbons (Fsp3) is 0.273. The zero-order valence-electron chi connectivity index (χ0n) is 16.4. The first-order valence-corrected chi connectivity index (χ1v) is 10.6. The maximum absolute atomic E-state index is 12.7. The first-order valence-electron chi connectivity index (χ1n) is 9.72. The molecule has 0 atom stereocenters. The van der Waals surface area contributed by atoms with Crippen LogP contribution >= 0.6 is 11.3 Å². The lowest BCUT2D eigenvalue weighted by atomic mass is 9.92. The van der Waals surface area contributed by atoms with Crippen molar-refractivity contribution in [1.82, 2.24) is 9.88 Å². The number of anilines is 1. The molecule has 31 heavy (non-hydrogen) atoms. The van der Waals surface area contributed by atoms with Crippen molar-refractivity contribution >= 4 is 23.1 Å². The second-order valence-electron chi connectivity index (χ2n) is 7.43. The lowest BCUT2D eigenvalue weighted by molar-refractivity contribution is -0.137. The Morgan fingerprint density at radius 2 is 1.71 bits per heavy atom. The van der Waals surface area contributed by atoms with Crippen molar-refractivity contribution in [2.75, 3.05) is 18.4 Å². The molecule has 0 bridgehead atoms. The lowest BCUT2D eigenvalue weighted by Gasteiger charge is -2.36. The van der Waals surface area contributed by atoms with Gasteiger partial charge < -0.3 is 15.3 Å². The number of amides is 2. The normalized spacial score (nSPS) is 16.2. The van der Waals surface area contributed by atoms with Crippen molar-refractivity contribution in [3.05, 3.63) is 70.5 Å². The van der Waals surface area contributed by atoms with Gasteiger partial charge in [0.05, 0.1) is 11.3 Å². The predicted molar refractivity (Wildman–Crippen MR) is 113 cm³/mol. The standard InChI is InChI=1S/C22H20F3N3O2S/c23-22(24,25)16-6-8-17(9-7-16)26-20(29)28-12-10-21(30,11-13-28)19-27-18(14-31-19)15-4-2-1-3-5-15/h1-9,14,30H,10-13H2,(H,26,29). The van der Waals surface area contributed by atoms with Gasteiger partial charge in [-0.15, -0.1) is 11.3 Å². The Balaban J connectivity index is 1.37. The summed E-state index contributed by atoms with van der Waals surface area (Å²) in [6.07, 6.45) is -3.76. The number of alkyl halides is 3. The number of hydrogen-bond acceptors (Lipinski definition) is 4. The minimum absolute atomic E-state index is 0.284. The molecule has 1 aliphatic heterocycles. The molecule has 1 aliphatic rings. The van der Waals surface area contributed by atoms with E-state index in [-0.39, 0.29) is 5.69 Å². The van der Waals surface area contributed by atoms with Gasteiger partial charge in [0.15, 0.2) is 0 Å². The number of piperidine rings is 1. The van der Waals surface area contributed by atoms with E-state index < -0.39 is 23.4 Å². The Morgan fingerprint density at radius 3 is 2.32 bits per heavy atom. The van der Waals surface area contributed by atoms with Crippen LogP contribution in [-0.4, -0.2) is 34.1 Å². The summed E-state index contributed by atoms with van der Waals surface area (Å²) in [5.41, 5.74) is 0.180. The lowest BCUT2D eigenvalue weighted by Crippen LogP contribution is -2.46. The maximum atomic E-state index is 12.7. The number of urea groups is 1. The van der Waals surface area contributed by atoms with Crippen LogP contribution in [0.1, 0.15) is 23.4 Å². The van der Waals surface area contributed by atoms with Crippen molar-refractivity contribution in [2.24, 2.45) is 0 Å². The number of carbonyl (C=O) groups is 1. The van der Waals surface area contributed by atoms with Gasteiger partial charge in [-0.1, -0.05) is 30.3 Å². The average Bonchev–Trinajstić information content (AvgIpc) is 3.26. The van der Waals surface area contributed by atoms with Crippen molar-refractivity contribution in [3.8, 4) is 11.3 Å². The molecule has 1 aromatic heterocycles. The fourth-order valence-corrected chi connectivity index (χ4v) is 4.45. The molecule has 2 N–H and O–H groups in total. The second kappa shape index (κ2) is 8.32. The summed E-state index contributed by atoms with van der Waals surface area (Å²) in [6, 6.07) is 13.6. The summed E-state index contributed by atoms with van der Waals surface area (Å²) in [5.74, 6) is 0. The largest absolute Gasteiger partial charge is 0.416 e. The minimum Gasteiger partial charge on any atom is -0.383 e.